The molecule has 6 nitrogen and oxygen atoms in total. The number of rotatable bonds is 3. The number of aldehydes is 1. The molecular weight excluding hydrogens is 364 g/mol. The summed E-state index contributed by atoms with van der Waals surface area (Å²) in [5.41, 5.74) is -0.135. The van der Waals surface area contributed by atoms with Crippen LogP contribution in [0.3, 0.4) is 0 Å². The quantitative estimate of drug-likeness (QED) is 0.648. The molecule has 0 radical (unpaired) electrons. The monoisotopic (exact) mass is 367 g/mol. The molecule has 0 aliphatic rings. The van der Waals surface area contributed by atoms with Gasteiger partial charge in [0.2, 0.25) is 0 Å². The second-order valence-electron chi connectivity index (χ2n) is 3.66. The average Bonchev–Trinajstić information content (AvgIpc) is 2.88. The van der Waals surface area contributed by atoms with Crippen LogP contribution in [0.15, 0.2) is 18.3 Å². The van der Waals surface area contributed by atoms with Crippen LogP contribution in [-0.4, -0.2) is 27.1 Å². The van der Waals surface area contributed by atoms with Crippen LogP contribution in [0.1, 0.15) is 10.5 Å². The van der Waals surface area contributed by atoms with Crippen LogP contribution in [0.5, 0.6) is 0 Å². The number of nitrogens with zero attached hydrogens (tertiary/aromatic N) is 3. The van der Waals surface area contributed by atoms with E-state index in [1.54, 1.807) is 0 Å². The third kappa shape index (κ3) is 2.80. The molecule has 110 valence electrons. The molecule has 1 amide bonds. The lowest BCUT2D eigenvalue weighted by Crippen LogP contribution is -2.36. The van der Waals surface area contributed by atoms with Crippen LogP contribution >= 0.6 is 46.4 Å². The van der Waals surface area contributed by atoms with Gasteiger partial charge in [-0.1, -0.05) is 46.4 Å². The van der Waals surface area contributed by atoms with Crippen LogP contribution in [0.4, 0.5) is 10.5 Å². The highest BCUT2D eigenvalue weighted by atomic mass is 35.5. The zero-order valence-corrected chi connectivity index (χ0v) is 13.0. The molecule has 0 saturated carbocycles. The van der Waals surface area contributed by atoms with Crippen molar-refractivity contribution in [3.05, 3.63) is 44.4 Å². The summed E-state index contributed by atoms with van der Waals surface area (Å²) in [6.45, 7) is 0. The minimum Gasteiger partial charge on any atom is -0.463 e. The maximum atomic E-state index is 11.6. The molecule has 0 aliphatic heterocycles. The number of pyridine rings is 1. The molecule has 0 aliphatic carbocycles. The second-order valence-corrected chi connectivity index (χ2v) is 5.13. The van der Waals surface area contributed by atoms with Gasteiger partial charge in [-0.2, -0.15) is 5.01 Å². The maximum Gasteiger partial charge on any atom is 0.431 e. The van der Waals surface area contributed by atoms with Crippen molar-refractivity contribution in [1.29, 1.82) is 0 Å². The van der Waals surface area contributed by atoms with Gasteiger partial charge in [0, 0.05) is 6.20 Å². The number of carbonyl (C=O) groups is 2. The summed E-state index contributed by atoms with van der Waals surface area (Å²) in [7, 11) is 0. The Hall–Kier alpha value is -1.47. The SMILES string of the molecule is O=Cc1cccn1N(C(=O)O)c1c(Cl)c(Cl)nc(Cl)c1Cl. The minimum absolute atomic E-state index is 0.0635. The van der Waals surface area contributed by atoms with Gasteiger partial charge in [-0.3, -0.25) is 4.79 Å². The fourth-order valence-electron chi connectivity index (χ4n) is 1.62. The van der Waals surface area contributed by atoms with E-state index in [9.17, 15) is 14.7 Å². The summed E-state index contributed by atoms with van der Waals surface area (Å²) < 4.78 is 1.04. The number of anilines is 1. The summed E-state index contributed by atoms with van der Waals surface area (Å²) in [5.74, 6) is 0. The highest BCUT2D eigenvalue weighted by Gasteiger charge is 2.27. The highest BCUT2D eigenvalue weighted by molar-refractivity contribution is 6.49. The molecule has 2 aromatic heterocycles. The molecule has 0 spiro atoms. The van der Waals surface area contributed by atoms with Crippen molar-refractivity contribution < 1.29 is 14.7 Å². The Kier molecular flexibility index (Phi) is 4.63. The van der Waals surface area contributed by atoms with E-state index in [0.717, 1.165) is 4.68 Å². The van der Waals surface area contributed by atoms with E-state index in [2.05, 4.69) is 4.98 Å². The molecule has 2 heterocycles. The Labute approximate surface area is 138 Å². The van der Waals surface area contributed by atoms with Gasteiger partial charge in [0.1, 0.15) is 21.4 Å². The van der Waals surface area contributed by atoms with Crippen LogP contribution in [0.25, 0.3) is 0 Å². The fourth-order valence-corrected chi connectivity index (χ4v) is 2.49. The topological polar surface area (TPSA) is 75.4 Å². The van der Waals surface area contributed by atoms with Crippen LogP contribution in [0, 0.1) is 0 Å². The zero-order valence-electron chi connectivity index (χ0n) is 9.93. The summed E-state index contributed by atoms with van der Waals surface area (Å²) in [4.78, 5) is 26.2. The third-order valence-corrected chi connectivity index (χ3v) is 3.92. The van der Waals surface area contributed by atoms with Gasteiger partial charge in [-0.25, -0.2) is 14.5 Å². The lowest BCUT2D eigenvalue weighted by atomic mass is 10.4. The smallest absolute Gasteiger partial charge is 0.431 e. The minimum atomic E-state index is -1.45. The number of halogens is 4. The van der Waals surface area contributed by atoms with Gasteiger partial charge >= 0.3 is 6.09 Å². The van der Waals surface area contributed by atoms with Crippen molar-refractivity contribution in [3.8, 4) is 0 Å². The molecule has 0 saturated heterocycles. The van der Waals surface area contributed by atoms with Crippen molar-refractivity contribution in [2.75, 3.05) is 5.01 Å². The molecule has 2 rings (SSSR count). The van der Waals surface area contributed by atoms with Gasteiger partial charge in [0.15, 0.2) is 16.6 Å². The van der Waals surface area contributed by atoms with Gasteiger partial charge in [0.25, 0.3) is 0 Å². The standard InChI is InChI=1S/C11H5Cl4N3O3/c12-6-8(7(13)10(15)16-9(6)14)18(11(20)21)17-3-1-2-5(17)4-19/h1-4H,(H,20,21). The van der Waals surface area contributed by atoms with Crippen LogP contribution in [-0.2, 0) is 0 Å². The fraction of sp³-hybridized carbons (Fsp3) is 0. The van der Waals surface area contributed by atoms with Crippen molar-refractivity contribution in [1.82, 2.24) is 9.66 Å². The van der Waals surface area contributed by atoms with Crippen molar-refractivity contribution >= 4 is 64.5 Å². The Morgan fingerprint density at radius 2 is 1.81 bits per heavy atom. The van der Waals surface area contributed by atoms with E-state index >= 15 is 0 Å². The Balaban J connectivity index is 2.76. The summed E-state index contributed by atoms with van der Waals surface area (Å²) in [6, 6.07) is 2.89. The van der Waals surface area contributed by atoms with E-state index in [1.165, 1.54) is 18.3 Å². The number of carbonyl (C=O) groups excluding carboxylic acids is 1. The molecule has 0 unspecified atom stereocenters. The van der Waals surface area contributed by atoms with Gasteiger partial charge < -0.3 is 5.11 Å². The van der Waals surface area contributed by atoms with Crippen LogP contribution in [0.2, 0.25) is 20.4 Å². The van der Waals surface area contributed by atoms with Crippen molar-refractivity contribution in [2.45, 2.75) is 0 Å². The number of hydrogen-bond donors (Lipinski definition) is 1. The largest absolute Gasteiger partial charge is 0.463 e. The van der Waals surface area contributed by atoms with E-state index in [0.29, 0.717) is 11.3 Å². The van der Waals surface area contributed by atoms with Gasteiger partial charge in [-0.05, 0) is 12.1 Å². The molecule has 10 heteroatoms. The van der Waals surface area contributed by atoms with Gasteiger partial charge in [0.05, 0.1) is 0 Å². The molecule has 2 aromatic rings. The summed E-state index contributed by atoms with van der Waals surface area (Å²) >= 11 is 23.5. The number of carboxylic acid groups (broad SMARTS) is 1. The summed E-state index contributed by atoms with van der Waals surface area (Å²) in [6.07, 6.45) is 0.367. The first kappa shape index (κ1) is 15.9. The lowest BCUT2D eigenvalue weighted by Gasteiger charge is -2.24. The Morgan fingerprint density at radius 1 is 1.24 bits per heavy atom. The zero-order chi connectivity index (χ0) is 15.7. The Bertz CT molecular complexity index is 705. The third-order valence-electron chi connectivity index (χ3n) is 2.46. The normalized spacial score (nSPS) is 10.5. The molecule has 0 aromatic carbocycles. The highest BCUT2D eigenvalue weighted by Crippen LogP contribution is 2.41. The first-order chi connectivity index (χ1) is 9.88. The van der Waals surface area contributed by atoms with E-state index < -0.39 is 6.09 Å². The number of amides is 1. The van der Waals surface area contributed by atoms with E-state index in [1.807, 2.05) is 0 Å². The molecule has 1 N–H and O–H groups in total. The van der Waals surface area contributed by atoms with E-state index in [4.69, 9.17) is 46.4 Å². The second kappa shape index (κ2) is 6.11. The predicted octanol–water partition coefficient (Wildman–Crippen LogP) is 4.26. The van der Waals surface area contributed by atoms with E-state index in [-0.39, 0.29) is 31.7 Å². The lowest BCUT2D eigenvalue weighted by molar-refractivity contribution is 0.111. The molecular formula is C11H5Cl4N3O3. The first-order valence-electron chi connectivity index (χ1n) is 5.24. The maximum absolute atomic E-state index is 11.6. The van der Waals surface area contributed by atoms with Crippen molar-refractivity contribution in [2.24, 2.45) is 0 Å². The molecule has 0 fully saturated rings. The molecule has 21 heavy (non-hydrogen) atoms. The number of hydrogen-bond acceptors (Lipinski definition) is 3. The molecule has 0 bridgehead atoms. The number of aromatic nitrogens is 2. The van der Waals surface area contributed by atoms with Crippen LogP contribution < -0.4 is 5.01 Å². The Morgan fingerprint density at radius 3 is 2.29 bits per heavy atom. The molecule has 0 atom stereocenters. The first-order valence-corrected chi connectivity index (χ1v) is 6.75. The predicted molar refractivity (Wildman–Crippen MR) is 80.0 cm³/mol. The van der Waals surface area contributed by atoms with Gasteiger partial charge in [-0.15, -0.1) is 0 Å². The average molecular weight is 369 g/mol. The summed E-state index contributed by atoms with van der Waals surface area (Å²) in [5, 5.41) is 9.21. The van der Waals surface area contributed by atoms with Crippen molar-refractivity contribution in [3.63, 3.8) is 0 Å².